The number of aliphatic imine (C=N–C) groups is 1. The normalized spacial score (nSPS) is 11.3. The molecule has 0 unspecified atom stereocenters. The lowest BCUT2D eigenvalue weighted by Gasteiger charge is -2.23. The van der Waals surface area contributed by atoms with Crippen LogP contribution in [0.4, 0.5) is 0 Å². The Bertz CT molecular complexity index is 487. The summed E-state index contributed by atoms with van der Waals surface area (Å²) in [6.45, 7) is 4.37. The third kappa shape index (κ3) is 9.05. The van der Waals surface area contributed by atoms with Gasteiger partial charge in [0.25, 0.3) is 0 Å². The molecule has 0 fully saturated rings. The summed E-state index contributed by atoms with van der Waals surface area (Å²) in [7, 11) is 7.66. The molecule has 0 aromatic heterocycles. The first-order chi connectivity index (χ1) is 11.1. The lowest BCUT2D eigenvalue weighted by atomic mass is 10.2. The number of guanidine groups is 1. The Balaban J connectivity index is 0.00000529. The average molecular weight is 469 g/mol. The Morgan fingerprint density at radius 1 is 1.25 bits per heavy atom. The number of ether oxygens (including phenoxy) is 1. The van der Waals surface area contributed by atoms with Gasteiger partial charge in [-0.05, 0) is 31.6 Å². The predicted molar refractivity (Wildman–Crippen MR) is 114 cm³/mol. The number of benzene rings is 1. The maximum atomic E-state index is 6.22. The quantitative estimate of drug-likeness (QED) is 0.262. The zero-order valence-corrected chi connectivity index (χ0v) is 18.2. The molecule has 0 amide bonds. The van der Waals surface area contributed by atoms with Crippen molar-refractivity contribution in [2.45, 2.75) is 13.0 Å². The standard InChI is InChI=1S/C17H29ClN4O.HI/c1-19-17(20-10-7-11-21(2)12-13-23-4)22(3)14-15-8-5-6-9-16(15)18;/h5-6,8-9H,7,10-14H2,1-4H3,(H,19,20);1H. The number of methoxy groups -OCH3 is 1. The molecule has 24 heavy (non-hydrogen) atoms. The van der Waals surface area contributed by atoms with E-state index in [9.17, 15) is 0 Å². The van der Waals surface area contributed by atoms with E-state index >= 15 is 0 Å². The monoisotopic (exact) mass is 468 g/mol. The van der Waals surface area contributed by atoms with Crippen LogP contribution >= 0.6 is 35.6 Å². The first-order valence-electron chi connectivity index (χ1n) is 7.91. The maximum Gasteiger partial charge on any atom is 0.193 e. The first-order valence-corrected chi connectivity index (χ1v) is 8.29. The van der Waals surface area contributed by atoms with Gasteiger partial charge >= 0.3 is 0 Å². The first kappa shape index (κ1) is 23.4. The van der Waals surface area contributed by atoms with Crippen LogP contribution in [0.15, 0.2) is 29.3 Å². The number of nitrogens with zero attached hydrogens (tertiary/aromatic N) is 3. The fourth-order valence-electron chi connectivity index (χ4n) is 2.25. The van der Waals surface area contributed by atoms with Crippen molar-refractivity contribution in [1.29, 1.82) is 0 Å². The van der Waals surface area contributed by atoms with E-state index in [2.05, 4.69) is 27.2 Å². The van der Waals surface area contributed by atoms with Gasteiger partial charge in [-0.15, -0.1) is 24.0 Å². The minimum absolute atomic E-state index is 0. The molecular weight excluding hydrogens is 439 g/mol. The Hall–Kier alpha value is -0.570. The summed E-state index contributed by atoms with van der Waals surface area (Å²) >= 11 is 6.22. The van der Waals surface area contributed by atoms with Crippen LogP contribution < -0.4 is 5.32 Å². The average Bonchev–Trinajstić information content (AvgIpc) is 2.55. The molecule has 138 valence electrons. The van der Waals surface area contributed by atoms with Gasteiger partial charge in [-0.2, -0.15) is 0 Å². The van der Waals surface area contributed by atoms with E-state index in [0.717, 1.165) is 55.8 Å². The van der Waals surface area contributed by atoms with E-state index in [1.807, 2.05) is 31.3 Å². The number of hydrogen-bond acceptors (Lipinski definition) is 3. The zero-order valence-electron chi connectivity index (χ0n) is 15.1. The summed E-state index contributed by atoms with van der Waals surface area (Å²) in [6.07, 6.45) is 1.05. The van der Waals surface area contributed by atoms with Crippen LogP contribution in [-0.4, -0.2) is 70.3 Å². The van der Waals surface area contributed by atoms with E-state index in [1.165, 1.54) is 0 Å². The number of rotatable bonds is 9. The van der Waals surface area contributed by atoms with Crippen molar-refractivity contribution < 1.29 is 4.74 Å². The molecule has 1 rings (SSSR count). The summed E-state index contributed by atoms with van der Waals surface area (Å²) in [5.41, 5.74) is 1.10. The molecule has 0 spiro atoms. The van der Waals surface area contributed by atoms with Gasteiger partial charge in [0.05, 0.1) is 6.61 Å². The van der Waals surface area contributed by atoms with E-state index in [0.29, 0.717) is 0 Å². The molecule has 1 N–H and O–H groups in total. The fourth-order valence-corrected chi connectivity index (χ4v) is 2.45. The molecule has 5 nitrogen and oxygen atoms in total. The van der Waals surface area contributed by atoms with Gasteiger partial charge in [0.2, 0.25) is 0 Å². The molecule has 0 heterocycles. The summed E-state index contributed by atoms with van der Waals surface area (Å²) in [5.74, 6) is 0.879. The summed E-state index contributed by atoms with van der Waals surface area (Å²) in [5, 5.41) is 4.18. The van der Waals surface area contributed by atoms with Crippen LogP contribution in [0.5, 0.6) is 0 Å². The zero-order chi connectivity index (χ0) is 17.1. The Morgan fingerprint density at radius 3 is 2.58 bits per heavy atom. The highest BCUT2D eigenvalue weighted by atomic mass is 127. The van der Waals surface area contributed by atoms with Gasteiger partial charge in [-0.25, -0.2) is 0 Å². The molecule has 1 aromatic rings. The minimum Gasteiger partial charge on any atom is -0.383 e. The van der Waals surface area contributed by atoms with Crippen LogP contribution in [0.1, 0.15) is 12.0 Å². The number of halogens is 2. The third-order valence-electron chi connectivity index (χ3n) is 3.62. The van der Waals surface area contributed by atoms with Crippen LogP contribution in [0, 0.1) is 0 Å². The molecule has 0 aliphatic rings. The molecule has 0 bridgehead atoms. The van der Waals surface area contributed by atoms with Gasteiger partial charge < -0.3 is 19.9 Å². The van der Waals surface area contributed by atoms with Gasteiger partial charge in [0.15, 0.2) is 5.96 Å². The van der Waals surface area contributed by atoms with Gasteiger partial charge in [-0.1, -0.05) is 29.8 Å². The SMILES string of the molecule is CN=C(NCCCN(C)CCOC)N(C)Cc1ccccc1Cl.I. The number of nitrogens with one attached hydrogen (secondary N) is 1. The van der Waals surface area contributed by atoms with Gasteiger partial charge in [0, 0.05) is 45.9 Å². The van der Waals surface area contributed by atoms with Crippen LogP contribution in [0.3, 0.4) is 0 Å². The fraction of sp³-hybridized carbons (Fsp3) is 0.588. The Morgan fingerprint density at radius 2 is 1.96 bits per heavy atom. The Kier molecular flexibility index (Phi) is 13.4. The molecule has 0 aliphatic heterocycles. The van der Waals surface area contributed by atoms with E-state index < -0.39 is 0 Å². The smallest absolute Gasteiger partial charge is 0.193 e. The van der Waals surface area contributed by atoms with Crippen LogP contribution in [-0.2, 0) is 11.3 Å². The van der Waals surface area contributed by atoms with Crippen molar-refractivity contribution in [3.63, 3.8) is 0 Å². The predicted octanol–water partition coefficient (Wildman–Crippen LogP) is 2.93. The molecular formula is C17H30ClIN4O. The highest BCUT2D eigenvalue weighted by Crippen LogP contribution is 2.16. The second-order valence-electron chi connectivity index (χ2n) is 5.57. The third-order valence-corrected chi connectivity index (χ3v) is 3.98. The molecule has 0 saturated heterocycles. The molecule has 0 radical (unpaired) electrons. The lowest BCUT2D eigenvalue weighted by molar-refractivity contribution is 0.161. The second kappa shape index (κ2) is 13.7. The molecule has 0 atom stereocenters. The van der Waals surface area contributed by atoms with Crippen molar-refractivity contribution in [3.8, 4) is 0 Å². The van der Waals surface area contributed by atoms with E-state index in [-0.39, 0.29) is 24.0 Å². The van der Waals surface area contributed by atoms with Gasteiger partial charge in [0.1, 0.15) is 0 Å². The van der Waals surface area contributed by atoms with Crippen LogP contribution in [0.25, 0.3) is 0 Å². The molecule has 7 heteroatoms. The van der Waals surface area contributed by atoms with Crippen LogP contribution in [0.2, 0.25) is 5.02 Å². The number of likely N-dealkylation sites (N-methyl/N-ethyl adjacent to an activating group) is 1. The molecule has 1 aromatic carbocycles. The van der Waals surface area contributed by atoms with Crippen molar-refractivity contribution in [2.75, 3.05) is 54.5 Å². The highest BCUT2D eigenvalue weighted by molar-refractivity contribution is 14.0. The second-order valence-corrected chi connectivity index (χ2v) is 5.98. The maximum absolute atomic E-state index is 6.22. The topological polar surface area (TPSA) is 40.1 Å². The van der Waals surface area contributed by atoms with E-state index in [1.54, 1.807) is 14.2 Å². The number of hydrogen-bond donors (Lipinski definition) is 1. The Labute approximate surface area is 168 Å². The van der Waals surface area contributed by atoms with Gasteiger partial charge in [-0.3, -0.25) is 4.99 Å². The molecule has 0 aliphatic carbocycles. The van der Waals surface area contributed by atoms with Crippen molar-refractivity contribution in [1.82, 2.24) is 15.1 Å². The van der Waals surface area contributed by atoms with Crippen molar-refractivity contribution >= 4 is 41.5 Å². The van der Waals surface area contributed by atoms with Crippen molar-refractivity contribution in [3.05, 3.63) is 34.9 Å². The lowest BCUT2D eigenvalue weighted by Crippen LogP contribution is -2.39. The largest absolute Gasteiger partial charge is 0.383 e. The summed E-state index contributed by atoms with van der Waals surface area (Å²) in [4.78, 5) is 8.68. The van der Waals surface area contributed by atoms with E-state index in [4.69, 9.17) is 16.3 Å². The molecule has 0 saturated carbocycles. The highest BCUT2D eigenvalue weighted by Gasteiger charge is 2.08. The van der Waals surface area contributed by atoms with Crippen molar-refractivity contribution in [2.24, 2.45) is 4.99 Å². The summed E-state index contributed by atoms with van der Waals surface area (Å²) < 4.78 is 5.08. The summed E-state index contributed by atoms with van der Waals surface area (Å²) in [6, 6.07) is 7.90. The minimum atomic E-state index is 0.